The van der Waals surface area contributed by atoms with Gasteiger partial charge in [0.15, 0.2) is 0 Å². The average Bonchev–Trinajstić information content (AvgIpc) is 2.38. The molecule has 0 fully saturated rings. The first-order valence-electron chi connectivity index (χ1n) is 5.34. The fourth-order valence-electron chi connectivity index (χ4n) is 1.54. The van der Waals surface area contributed by atoms with Crippen LogP contribution in [0.25, 0.3) is 10.9 Å². The molecule has 0 aliphatic carbocycles. The molecular weight excluding hydrogens is 298 g/mol. The molecule has 0 aliphatic heterocycles. The molecule has 0 saturated heterocycles. The maximum Gasteiger partial charge on any atom is 0.491 e. The van der Waals surface area contributed by atoms with Crippen LogP contribution in [0.15, 0.2) is 29.2 Å². The number of alkyl halides is 3. The van der Waals surface area contributed by atoms with E-state index in [2.05, 4.69) is 9.72 Å². The third kappa shape index (κ3) is 2.91. The Labute approximate surface area is 113 Å². The molecule has 1 aromatic carbocycles. The van der Waals surface area contributed by atoms with Crippen molar-refractivity contribution in [3.63, 3.8) is 0 Å². The molecule has 0 amide bonds. The van der Waals surface area contributed by atoms with Gasteiger partial charge >= 0.3 is 18.1 Å². The minimum absolute atomic E-state index is 0.167. The molecule has 0 spiro atoms. The molecule has 0 saturated carbocycles. The molecule has 5 nitrogen and oxygen atoms in total. The number of carbonyl (C=O) groups is 2. The van der Waals surface area contributed by atoms with Crippen molar-refractivity contribution in [3.8, 4) is 0 Å². The van der Waals surface area contributed by atoms with Crippen LogP contribution in [0, 0.1) is 5.82 Å². The van der Waals surface area contributed by atoms with Crippen LogP contribution in [0.1, 0.15) is 10.4 Å². The summed E-state index contributed by atoms with van der Waals surface area (Å²) in [6, 6.07) is 3.06. The second-order valence-corrected chi connectivity index (χ2v) is 3.90. The zero-order valence-electron chi connectivity index (χ0n) is 9.95. The number of aromatic amines is 1. The van der Waals surface area contributed by atoms with E-state index in [1.165, 1.54) is 6.07 Å². The summed E-state index contributed by atoms with van der Waals surface area (Å²) in [4.78, 5) is 36.2. The lowest BCUT2D eigenvalue weighted by atomic mass is 10.1. The maximum absolute atomic E-state index is 13.0. The van der Waals surface area contributed by atoms with Gasteiger partial charge in [-0.15, -0.1) is 0 Å². The third-order valence-corrected chi connectivity index (χ3v) is 2.48. The highest BCUT2D eigenvalue weighted by molar-refractivity contribution is 5.99. The molecule has 2 rings (SSSR count). The summed E-state index contributed by atoms with van der Waals surface area (Å²) in [7, 11) is 0. The quantitative estimate of drug-likeness (QED) is 0.496. The molecule has 110 valence electrons. The van der Waals surface area contributed by atoms with Gasteiger partial charge < -0.3 is 9.72 Å². The van der Waals surface area contributed by atoms with Crippen LogP contribution in [0.5, 0.6) is 0 Å². The summed E-state index contributed by atoms with van der Waals surface area (Å²) >= 11 is 0. The topological polar surface area (TPSA) is 76.2 Å². The Balaban J connectivity index is 2.43. The van der Waals surface area contributed by atoms with Crippen molar-refractivity contribution in [1.82, 2.24) is 4.98 Å². The van der Waals surface area contributed by atoms with Gasteiger partial charge in [0.05, 0.1) is 0 Å². The summed E-state index contributed by atoms with van der Waals surface area (Å²) in [5, 5.41) is -0.260. The Morgan fingerprint density at radius 2 is 1.86 bits per heavy atom. The molecule has 1 heterocycles. The standard InChI is InChI=1S/C12H5F4NO4/c13-5-1-2-8-6(3-5)9(18)7(4-17-8)10(19)21-11(20)12(14,15)16/h1-4H,(H,17,18). The first kappa shape index (κ1) is 14.7. The molecule has 2 aromatic rings. The highest BCUT2D eigenvalue weighted by atomic mass is 19.4. The van der Waals surface area contributed by atoms with Gasteiger partial charge in [-0.05, 0) is 18.2 Å². The van der Waals surface area contributed by atoms with Gasteiger partial charge in [-0.3, -0.25) is 4.79 Å². The molecule has 0 atom stereocenters. The Kier molecular flexibility index (Phi) is 3.50. The normalized spacial score (nSPS) is 11.4. The van der Waals surface area contributed by atoms with Gasteiger partial charge in [0.1, 0.15) is 11.4 Å². The van der Waals surface area contributed by atoms with Crippen LogP contribution in [0.3, 0.4) is 0 Å². The summed E-state index contributed by atoms with van der Waals surface area (Å²) < 4.78 is 52.5. The predicted octanol–water partition coefficient (Wildman–Crippen LogP) is 1.91. The van der Waals surface area contributed by atoms with Crippen molar-refractivity contribution >= 4 is 22.8 Å². The molecule has 0 bridgehead atoms. The number of rotatable bonds is 1. The molecule has 1 N–H and O–H groups in total. The summed E-state index contributed by atoms with van der Waals surface area (Å²) in [6.07, 6.45) is -4.58. The van der Waals surface area contributed by atoms with E-state index in [4.69, 9.17) is 0 Å². The van der Waals surface area contributed by atoms with Gasteiger partial charge in [-0.1, -0.05) is 0 Å². The molecule has 0 aliphatic rings. The number of esters is 2. The number of halogens is 4. The Hall–Kier alpha value is -2.71. The fourth-order valence-corrected chi connectivity index (χ4v) is 1.54. The van der Waals surface area contributed by atoms with Gasteiger partial charge in [-0.25, -0.2) is 14.0 Å². The Morgan fingerprint density at radius 3 is 2.48 bits per heavy atom. The number of hydrogen-bond acceptors (Lipinski definition) is 4. The van der Waals surface area contributed by atoms with E-state index in [0.29, 0.717) is 0 Å². The van der Waals surface area contributed by atoms with Crippen molar-refractivity contribution in [1.29, 1.82) is 0 Å². The van der Waals surface area contributed by atoms with Crippen LogP contribution in [-0.2, 0) is 9.53 Å². The third-order valence-electron chi connectivity index (χ3n) is 2.48. The average molecular weight is 303 g/mol. The first-order chi connectivity index (χ1) is 9.70. The predicted molar refractivity (Wildman–Crippen MR) is 61.0 cm³/mol. The number of carbonyl (C=O) groups excluding carboxylic acids is 2. The van der Waals surface area contributed by atoms with E-state index in [1.54, 1.807) is 0 Å². The van der Waals surface area contributed by atoms with Crippen molar-refractivity contribution in [2.75, 3.05) is 0 Å². The number of ether oxygens (including phenoxy) is 1. The lowest BCUT2D eigenvalue weighted by molar-refractivity contribution is -0.193. The van der Waals surface area contributed by atoms with Crippen molar-refractivity contribution in [3.05, 3.63) is 46.0 Å². The van der Waals surface area contributed by atoms with E-state index in [-0.39, 0.29) is 10.9 Å². The highest BCUT2D eigenvalue weighted by Crippen LogP contribution is 2.17. The van der Waals surface area contributed by atoms with Crippen LogP contribution >= 0.6 is 0 Å². The number of nitrogens with one attached hydrogen (secondary N) is 1. The van der Waals surface area contributed by atoms with Gasteiger partial charge in [-0.2, -0.15) is 13.2 Å². The number of hydrogen-bond donors (Lipinski definition) is 1. The molecule has 0 radical (unpaired) electrons. The minimum atomic E-state index is -5.37. The van der Waals surface area contributed by atoms with E-state index >= 15 is 0 Å². The Morgan fingerprint density at radius 1 is 1.19 bits per heavy atom. The smallest absolute Gasteiger partial charge is 0.382 e. The number of pyridine rings is 1. The summed E-state index contributed by atoms with van der Waals surface area (Å²) in [5.74, 6) is -5.29. The van der Waals surface area contributed by atoms with Crippen LogP contribution in [-0.4, -0.2) is 23.1 Å². The molecule has 9 heteroatoms. The summed E-state index contributed by atoms with van der Waals surface area (Å²) in [6.45, 7) is 0. The van der Waals surface area contributed by atoms with E-state index in [0.717, 1.165) is 18.3 Å². The number of benzene rings is 1. The SMILES string of the molecule is O=C(OC(=O)C(F)(F)F)c1c[nH]c2ccc(F)cc2c1=O. The monoisotopic (exact) mass is 303 g/mol. The minimum Gasteiger partial charge on any atom is -0.382 e. The van der Waals surface area contributed by atoms with Crippen LogP contribution < -0.4 is 5.43 Å². The first-order valence-corrected chi connectivity index (χ1v) is 5.34. The van der Waals surface area contributed by atoms with E-state index < -0.39 is 34.9 Å². The fraction of sp³-hybridized carbons (Fsp3) is 0.0833. The van der Waals surface area contributed by atoms with E-state index in [9.17, 15) is 31.9 Å². The van der Waals surface area contributed by atoms with Gasteiger partial charge in [0.25, 0.3) is 0 Å². The number of fused-ring (bicyclic) bond motifs is 1. The van der Waals surface area contributed by atoms with Gasteiger partial charge in [0.2, 0.25) is 5.43 Å². The van der Waals surface area contributed by atoms with Gasteiger partial charge in [0, 0.05) is 17.1 Å². The molecule has 0 unspecified atom stereocenters. The maximum atomic E-state index is 13.0. The summed E-state index contributed by atoms with van der Waals surface area (Å²) in [5.41, 5.74) is -1.73. The van der Waals surface area contributed by atoms with Crippen molar-refractivity contribution < 1.29 is 31.9 Å². The highest BCUT2D eigenvalue weighted by Gasteiger charge is 2.42. The zero-order valence-corrected chi connectivity index (χ0v) is 9.95. The number of aromatic nitrogens is 1. The zero-order chi connectivity index (χ0) is 15.8. The Bertz CT molecular complexity index is 794. The van der Waals surface area contributed by atoms with E-state index in [1.807, 2.05) is 0 Å². The number of H-pyrrole nitrogens is 1. The largest absolute Gasteiger partial charge is 0.491 e. The van der Waals surface area contributed by atoms with Crippen LogP contribution in [0.2, 0.25) is 0 Å². The second-order valence-electron chi connectivity index (χ2n) is 3.90. The molecule has 1 aromatic heterocycles. The van der Waals surface area contributed by atoms with Crippen LogP contribution in [0.4, 0.5) is 17.6 Å². The second kappa shape index (κ2) is 5.00. The lowest BCUT2D eigenvalue weighted by Gasteiger charge is -2.06. The molecule has 21 heavy (non-hydrogen) atoms. The molecular formula is C12H5F4NO4. The lowest BCUT2D eigenvalue weighted by Crippen LogP contribution is -2.30. The van der Waals surface area contributed by atoms with Crippen molar-refractivity contribution in [2.45, 2.75) is 6.18 Å². The van der Waals surface area contributed by atoms with Crippen molar-refractivity contribution in [2.24, 2.45) is 0 Å².